The lowest BCUT2D eigenvalue weighted by Gasteiger charge is -2.18. The van der Waals surface area contributed by atoms with Gasteiger partial charge in [0.25, 0.3) is 5.56 Å². The van der Waals surface area contributed by atoms with Gasteiger partial charge in [0.1, 0.15) is 4.83 Å². The first kappa shape index (κ1) is 19.4. The fourth-order valence-corrected chi connectivity index (χ4v) is 5.09. The highest BCUT2D eigenvalue weighted by atomic mass is 35.5. The van der Waals surface area contributed by atoms with Gasteiger partial charge in [-0.25, -0.2) is 9.55 Å². The molecule has 0 bridgehead atoms. The van der Waals surface area contributed by atoms with Gasteiger partial charge < -0.3 is 10.1 Å². The summed E-state index contributed by atoms with van der Waals surface area (Å²) in [6.07, 6.45) is 4.00. The van der Waals surface area contributed by atoms with Crippen LogP contribution in [0.25, 0.3) is 15.9 Å². The number of anilines is 1. The molecule has 7 heteroatoms. The first-order chi connectivity index (χ1) is 13.6. The van der Waals surface area contributed by atoms with Crippen molar-refractivity contribution in [3.63, 3.8) is 0 Å². The molecule has 148 valence electrons. The van der Waals surface area contributed by atoms with Gasteiger partial charge in [0.05, 0.1) is 11.1 Å². The maximum atomic E-state index is 13.6. The van der Waals surface area contributed by atoms with E-state index >= 15 is 0 Å². The van der Waals surface area contributed by atoms with Gasteiger partial charge in [-0.3, -0.25) is 4.79 Å². The van der Waals surface area contributed by atoms with Gasteiger partial charge in [0.2, 0.25) is 5.95 Å². The molecule has 0 radical (unpaired) electrons. The number of nitrogens with zero attached hydrogens (tertiary/aromatic N) is 2. The standard InChI is InChI=1S/C21H24ClN3O2S/c1-13-4-9-17-16(12-13)18-19(28-17)24-21(23-10-3-11-27-2)25(20(18)26)15-7-5-14(22)6-8-15/h5-8,13H,3-4,9-12H2,1-2H3,(H,23,24). The average molecular weight is 418 g/mol. The molecule has 28 heavy (non-hydrogen) atoms. The van der Waals surface area contributed by atoms with Gasteiger partial charge in [0, 0.05) is 30.2 Å². The lowest BCUT2D eigenvalue weighted by molar-refractivity contribution is 0.197. The molecule has 0 fully saturated rings. The van der Waals surface area contributed by atoms with E-state index in [2.05, 4.69) is 12.2 Å². The number of methoxy groups -OCH3 is 1. The summed E-state index contributed by atoms with van der Waals surface area (Å²) in [5, 5.41) is 4.75. The van der Waals surface area contributed by atoms with Crippen molar-refractivity contribution >= 4 is 39.1 Å². The lowest BCUT2D eigenvalue weighted by Crippen LogP contribution is -2.25. The first-order valence-corrected chi connectivity index (χ1v) is 10.8. The van der Waals surface area contributed by atoms with E-state index in [0.717, 1.165) is 35.2 Å². The van der Waals surface area contributed by atoms with Crippen LogP contribution in [0.4, 0.5) is 5.95 Å². The Morgan fingerprint density at radius 3 is 2.89 bits per heavy atom. The smallest absolute Gasteiger partial charge is 0.268 e. The minimum Gasteiger partial charge on any atom is -0.385 e. The molecule has 4 rings (SSSR count). The third-order valence-electron chi connectivity index (χ3n) is 5.22. The van der Waals surface area contributed by atoms with Crippen LogP contribution >= 0.6 is 22.9 Å². The molecular weight excluding hydrogens is 394 g/mol. The predicted octanol–water partition coefficient (Wildman–Crippen LogP) is 4.67. The predicted molar refractivity (Wildman–Crippen MR) is 116 cm³/mol. The molecule has 0 saturated carbocycles. The number of thiophene rings is 1. The van der Waals surface area contributed by atoms with Crippen molar-refractivity contribution in [2.24, 2.45) is 5.92 Å². The molecule has 5 nitrogen and oxygen atoms in total. The zero-order valence-corrected chi connectivity index (χ0v) is 17.7. The van der Waals surface area contributed by atoms with Crippen LogP contribution < -0.4 is 10.9 Å². The lowest BCUT2D eigenvalue weighted by atomic mass is 9.89. The molecule has 0 saturated heterocycles. The highest BCUT2D eigenvalue weighted by Crippen LogP contribution is 2.36. The van der Waals surface area contributed by atoms with Crippen LogP contribution in [0.1, 0.15) is 30.2 Å². The van der Waals surface area contributed by atoms with Crippen LogP contribution in [-0.4, -0.2) is 29.8 Å². The number of fused-ring (bicyclic) bond motifs is 3. The Labute approximate surface area is 173 Å². The van der Waals surface area contributed by atoms with Gasteiger partial charge in [-0.05, 0) is 61.4 Å². The molecule has 1 unspecified atom stereocenters. The van der Waals surface area contributed by atoms with E-state index < -0.39 is 0 Å². The van der Waals surface area contributed by atoms with Crippen molar-refractivity contribution in [2.75, 3.05) is 25.6 Å². The van der Waals surface area contributed by atoms with E-state index in [4.69, 9.17) is 21.3 Å². The Morgan fingerprint density at radius 2 is 2.14 bits per heavy atom. The van der Waals surface area contributed by atoms with Crippen molar-refractivity contribution in [1.29, 1.82) is 0 Å². The maximum Gasteiger partial charge on any atom is 0.268 e. The van der Waals surface area contributed by atoms with E-state index in [1.165, 1.54) is 16.9 Å². The highest BCUT2D eigenvalue weighted by Gasteiger charge is 2.25. The summed E-state index contributed by atoms with van der Waals surface area (Å²) < 4.78 is 6.80. The van der Waals surface area contributed by atoms with Gasteiger partial charge in [-0.1, -0.05) is 18.5 Å². The molecule has 3 aromatic rings. The second kappa shape index (κ2) is 8.23. The molecule has 0 aliphatic heterocycles. The number of halogens is 1. The van der Waals surface area contributed by atoms with Crippen LogP contribution in [-0.2, 0) is 17.6 Å². The summed E-state index contributed by atoms with van der Waals surface area (Å²) in [6.45, 7) is 3.59. The molecule has 1 aliphatic rings. The monoisotopic (exact) mass is 417 g/mol. The molecular formula is C21H24ClN3O2S. The SMILES string of the molecule is COCCCNc1nc2sc3c(c2c(=O)n1-c1ccc(Cl)cc1)CC(C)CC3. The Bertz CT molecular complexity index is 1040. The van der Waals surface area contributed by atoms with Crippen molar-refractivity contribution < 1.29 is 4.74 Å². The molecule has 0 amide bonds. The van der Waals surface area contributed by atoms with E-state index in [0.29, 0.717) is 30.0 Å². The summed E-state index contributed by atoms with van der Waals surface area (Å²) in [4.78, 5) is 20.6. The Morgan fingerprint density at radius 1 is 1.36 bits per heavy atom. The number of aromatic nitrogens is 2. The van der Waals surface area contributed by atoms with Crippen molar-refractivity contribution in [2.45, 2.75) is 32.6 Å². The molecule has 1 aliphatic carbocycles. The van der Waals surface area contributed by atoms with Gasteiger partial charge >= 0.3 is 0 Å². The molecule has 2 aromatic heterocycles. The topological polar surface area (TPSA) is 56.1 Å². The third kappa shape index (κ3) is 3.69. The summed E-state index contributed by atoms with van der Waals surface area (Å²) in [5.41, 5.74) is 1.96. The van der Waals surface area contributed by atoms with Crippen LogP contribution in [0.2, 0.25) is 5.02 Å². The van der Waals surface area contributed by atoms with Gasteiger partial charge in [-0.15, -0.1) is 11.3 Å². The Hall–Kier alpha value is -1.89. The minimum absolute atomic E-state index is 0.00633. The van der Waals surface area contributed by atoms with Crippen molar-refractivity contribution in [3.8, 4) is 5.69 Å². The minimum atomic E-state index is -0.00633. The second-order valence-electron chi connectivity index (χ2n) is 7.36. The highest BCUT2D eigenvalue weighted by molar-refractivity contribution is 7.18. The van der Waals surface area contributed by atoms with Crippen LogP contribution in [0.5, 0.6) is 0 Å². The maximum absolute atomic E-state index is 13.6. The normalized spacial score (nSPS) is 16.3. The zero-order chi connectivity index (χ0) is 19.7. The number of nitrogens with one attached hydrogen (secondary N) is 1. The molecule has 1 aromatic carbocycles. The van der Waals surface area contributed by atoms with Gasteiger partial charge in [0.15, 0.2) is 0 Å². The summed E-state index contributed by atoms with van der Waals surface area (Å²) in [6, 6.07) is 7.32. The Kier molecular flexibility index (Phi) is 5.71. The Balaban J connectivity index is 1.87. The number of ether oxygens (including phenoxy) is 1. The van der Waals surface area contributed by atoms with Crippen molar-refractivity contribution in [3.05, 3.63) is 50.1 Å². The molecule has 1 atom stereocenters. The number of hydrogen-bond acceptors (Lipinski definition) is 5. The van der Waals surface area contributed by atoms with Gasteiger partial charge in [-0.2, -0.15) is 0 Å². The number of aryl methyl sites for hydroxylation is 1. The van der Waals surface area contributed by atoms with Crippen LogP contribution in [0.15, 0.2) is 29.1 Å². The van der Waals surface area contributed by atoms with E-state index in [9.17, 15) is 4.79 Å². The summed E-state index contributed by atoms with van der Waals surface area (Å²) in [7, 11) is 1.69. The van der Waals surface area contributed by atoms with Crippen molar-refractivity contribution in [1.82, 2.24) is 9.55 Å². The quantitative estimate of drug-likeness (QED) is 0.592. The number of hydrogen-bond donors (Lipinski definition) is 1. The fraction of sp³-hybridized carbons (Fsp3) is 0.429. The summed E-state index contributed by atoms with van der Waals surface area (Å²) >= 11 is 7.72. The zero-order valence-electron chi connectivity index (χ0n) is 16.1. The number of rotatable bonds is 6. The van der Waals surface area contributed by atoms with E-state index in [-0.39, 0.29) is 5.56 Å². The van der Waals surface area contributed by atoms with Crippen LogP contribution in [0, 0.1) is 5.92 Å². The largest absolute Gasteiger partial charge is 0.385 e. The summed E-state index contributed by atoms with van der Waals surface area (Å²) in [5.74, 6) is 1.17. The van der Waals surface area contributed by atoms with E-state index in [1.807, 2.05) is 12.1 Å². The molecule has 2 heterocycles. The third-order valence-corrected chi connectivity index (χ3v) is 6.66. The molecule has 0 spiro atoms. The molecule has 1 N–H and O–H groups in total. The fourth-order valence-electron chi connectivity index (χ4n) is 3.76. The first-order valence-electron chi connectivity index (χ1n) is 9.64. The average Bonchev–Trinajstić information content (AvgIpc) is 3.04. The van der Waals surface area contributed by atoms with E-state index in [1.54, 1.807) is 35.1 Å². The second-order valence-corrected chi connectivity index (χ2v) is 8.88. The van der Waals surface area contributed by atoms with Crippen LogP contribution in [0.3, 0.4) is 0 Å². The number of benzene rings is 1.